The summed E-state index contributed by atoms with van der Waals surface area (Å²) in [5.74, 6) is -0.134. The number of aryl methyl sites for hydroxylation is 1. The van der Waals surface area contributed by atoms with Gasteiger partial charge in [-0.1, -0.05) is 18.2 Å². The van der Waals surface area contributed by atoms with Crippen molar-refractivity contribution in [2.75, 3.05) is 31.2 Å². The minimum absolute atomic E-state index is 0.250. The van der Waals surface area contributed by atoms with E-state index < -0.39 is 5.97 Å². The molecule has 7 heteroatoms. The van der Waals surface area contributed by atoms with Crippen LogP contribution in [0.5, 0.6) is 0 Å². The van der Waals surface area contributed by atoms with E-state index in [1.807, 2.05) is 6.92 Å². The maximum atomic E-state index is 12.0. The Bertz CT molecular complexity index is 1220. The van der Waals surface area contributed by atoms with Gasteiger partial charge in [0.15, 0.2) is 0 Å². The first-order chi connectivity index (χ1) is 14.1. The summed E-state index contributed by atoms with van der Waals surface area (Å²) in [6.07, 6.45) is 0. The largest absolute Gasteiger partial charge is 0.478 e. The van der Waals surface area contributed by atoms with Crippen LogP contribution < -0.4 is 4.90 Å². The van der Waals surface area contributed by atoms with Crippen molar-refractivity contribution in [2.45, 2.75) is 13.5 Å². The molecule has 1 saturated heterocycles. The molecule has 0 unspecified atom stereocenters. The molecular formula is C22H21N3O3S. The zero-order chi connectivity index (χ0) is 20.0. The van der Waals surface area contributed by atoms with Gasteiger partial charge in [0.05, 0.1) is 30.8 Å². The van der Waals surface area contributed by atoms with Gasteiger partial charge in [-0.15, -0.1) is 11.3 Å². The first-order valence-electron chi connectivity index (χ1n) is 9.64. The normalized spacial score (nSPS) is 14.7. The molecule has 0 aliphatic carbocycles. The van der Waals surface area contributed by atoms with Crippen LogP contribution >= 0.6 is 11.3 Å². The summed E-state index contributed by atoms with van der Waals surface area (Å²) in [7, 11) is 0. The molecule has 0 bridgehead atoms. The van der Waals surface area contributed by atoms with Gasteiger partial charge in [0.1, 0.15) is 11.3 Å². The molecule has 0 atom stereocenters. The second-order valence-electron chi connectivity index (χ2n) is 7.27. The molecule has 1 fully saturated rings. The molecule has 0 spiro atoms. The van der Waals surface area contributed by atoms with Gasteiger partial charge in [0.2, 0.25) is 0 Å². The SMILES string of the molecule is Cc1nc2c(C(=O)O)cc(N3CCOCC3)cc2n1Cc1cccc2ccsc12. The average molecular weight is 407 g/mol. The standard InChI is InChI=1S/C22H21N3O3S/c1-14-23-20-18(22(26)27)11-17(24-6-8-28-9-7-24)12-19(20)25(14)13-16-4-2-3-15-5-10-29-21(15)16/h2-5,10-12H,6-9,13H2,1H3,(H,26,27). The second-order valence-corrected chi connectivity index (χ2v) is 8.18. The van der Waals surface area contributed by atoms with Crippen LogP contribution in [0.3, 0.4) is 0 Å². The number of carbonyl (C=O) groups is 1. The summed E-state index contributed by atoms with van der Waals surface area (Å²) in [4.78, 5) is 18.8. The predicted octanol–water partition coefficient (Wildman–Crippen LogP) is 4.14. The van der Waals surface area contributed by atoms with Crippen LogP contribution in [-0.4, -0.2) is 46.9 Å². The van der Waals surface area contributed by atoms with Crippen LogP contribution in [0.15, 0.2) is 41.8 Å². The Morgan fingerprint density at radius 1 is 1.24 bits per heavy atom. The average Bonchev–Trinajstić information content (AvgIpc) is 3.33. The molecule has 0 amide bonds. The Labute approximate surface area is 172 Å². The van der Waals surface area contributed by atoms with E-state index in [-0.39, 0.29) is 5.56 Å². The summed E-state index contributed by atoms with van der Waals surface area (Å²) >= 11 is 1.73. The van der Waals surface area contributed by atoms with E-state index in [2.05, 4.69) is 50.2 Å². The van der Waals surface area contributed by atoms with E-state index in [1.165, 1.54) is 15.6 Å². The van der Waals surface area contributed by atoms with E-state index in [4.69, 9.17) is 4.74 Å². The minimum Gasteiger partial charge on any atom is -0.478 e. The Kier molecular flexibility index (Phi) is 4.49. The molecule has 3 heterocycles. The Morgan fingerprint density at radius 3 is 2.86 bits per heavy atom. The van der Waals surface area contributed by atoms with Crippen LogP contribution in [0, 0.1) is 6.92 Å². The first kappa shape index (κ1) is 18.1. The summed E-state index contributed by atoms with van der Waals surface area (Å²) in [6.45, 7) is 5.41. The van der Waals surface area contributed by atoms with E-state index in [1.54, 1.807) is 17.4 Å². The summed E-state index contributed by atoms with van der Waals surface area (Å²) < 4.78 is 8.84. The third-order valence-corrected chi connectivity index (χ3v) is 6.53. The fourth-order valence-electron chi connectivity index (χ4n) is 4.04. The molecule has 2 aromatic carbocycles. The molecule has 6 nitrogen and oxygen atoms in total. The summed E-state index contributed by atoms with van der Waals surface area (Å²) in [6, 6.07) is 12.3. The van der Waals surface area contributed by atoms with Gasteiger partial charge in [0.25, 0.3) is 0 Å². The Hall–Kier alpha value is -2.90. The van der Waals surface area contributed by atoms with Crippen LogP contribution in [0.4, 0.5) is 5.69 Å². The third kappa shape index (κ3) is 3.16. The molecule has 4 aromatic rings. The molecule has 1 N–H and O–H groups in total. The lowest BCUT2D eigenvalue weighted by Crippen LogP contribution is -2.36. The molecule has 2 aromatic heterocycles. The highest BCUT2D eigenvalue weighted by molar-refractivity contribution is 7.17. The first-order valence-corrected chi connectivity index (χ1v) is 10.5. The molecule has 1 aliphatic rings. The smallest absolute Gasteiger partial charge is 0.338 e. The predicted molar refractivity (Wildman–Crippen MR) is 115 cm³/mol. The molecule has 148 valence electrons. The van der Waals surface area contributed by atoms with Crippen molar-refractivity contribution in [1.29, 1.82) is 0 Å². The third-order valence-electron chi connectivity index (χ3n) is 5.53. The van der Waals surface area contributed by atoms with E-state index >= 15 is 0 Å². The molecule has 0 saturated carbocycles. The van der Waals surface area contributed by atoms with Crippen LogP contribution in [0.1, 0.15) is 21.7 Å². The number of aromatic carboxylic acids is 1. The van der Waals surface area contributed by atoms with Crippen molar-refractivity contribution in [2.24, 2.45) is 0 Å². The highest BCUT2D eigenvalue weighted by Gasteiger charge is 2.21. The number of thiophene rings is 1. The topological polar surface area (TPSA) is 67.6 Å². The number of benzene rings is 2. The van der Waals surface area contributed by atoms with Gasteiger partial charge in [-0.05, 0) is 41.5 Å². The lowest BCUT2D eigenvalue weighted by atomic mass is 10.1. The quantitative estimate of drug-likeness (QED) is 0.551. The van der Waals surface area contributed by atoms with Gasteiger partial charge in [-0.3, -0.25) is 0 Å². The number of rotatable bonds is 4. The Morgan fingerprint density at radius 2 is 2.07 bits per heavy atom. The molecule has 0 radical (unpaired) electrons. The second kappa shape index (κ2) is 7.17. The highest BCUT2D eigenvalue weighted by Crippen LogP contribution is 2.30. The molecule has 1 aliphatic heterocycles. The minimum atomic E-state index is -0.949. The number of morpholine rings is 1. The van der Waals surface area contributed by atoms with Crippen molar-refractivity contribution >= 4 is 44.1 Å². The van der Waals surface area contributed by atoms with Crippen molar-refractivity contribution in [1.82, 2.24) is 9.55 Å². The van der Waals surface area contributed by atoms with Gasteiger partial charge >= 0.3 is 5.97 Å². The number of carboxylic acids is 1. The van der Waals surface area contributed by atoms with Crippen molar-refractivity contribution < 1.29 is 14.6 Å². The zero-order valence-electron chi connectivity index (χ0n) is 16.1. The number of hydrogen-bond donors (Lipinski definition) is 1. The van der Waals surface area contributed by atoms with E-state index in [0.29, 0.717) is 25.3 Å². The number of fused-ring (bicyclic) bond motifs is 2. The lowest BCUT2D eigenvalue weighted by Gasteiger charge is -2.29. The molecule has 29 heavy (non-hydrogen) atoms. The van der Waals surface area contributed by atoms with Gasteiger partial charge in [-0.25, -0.2) is 9.78 Å². The maximum Gasteiger partial charge on any atom is 0.338 e. The van der Waals surface area contributed by atoms with Crippen LogP contribution in [-0.2, 0) is 11.3 Å². The van der Waals surface area contributed by atoms with E-state index in [9.17, 15) is 9.90 Å². The fraction of sp³-hybridized carbons (Fsp3) is 0.273. The number of anilines is 1. The number of nitrogens with zero attached hydrogens (tertiary/aromatic N) is 3. The van der Waals surface area contributed by atoms with Crippen molar-refractivity contribution in [3.63, 3.8) is 0 Å². The van der Waals surface area contributed by atoms with Gasteiger partial charge < -0.3 is 19.3 Å². The summed E-state index contributed by atoms with van der Waals surface area (Å²) in [5, 5.41) is 13.2. The number of carboxylic acid groups (broad SMARTS) is 1. The van der Waals surface area contributed by atoms with E-state index in [0.717, 1.165) is 30.1 Å². The number of imidazole rings is 1. The monoisotopic (exact) mass is 407 g/mol. The summed E-state index contributed by atoms with van der Waals surface area (Å²) in [5.41, 5.74) is 3.78. The van der Waals surface area contributed by atoms with Crippen molar-refractivity contribution in [3.8, 4) is 0 Å². The number of hydrogen-bond acceptors (Lipinski definition) is 5. The molecular weight excluding hydrogens is 386 g/mol. The molecule has 5 rings (SSSR count). The Balaban J connectivity index is 1.66. The van der Waals surface area contributed by atoms with Gasteiger partial charge in [0, 0.05) is 23.5 Å². The fourth-order valence-corrected chi connectivity index (χ4v) is 4.95. The lowest BCUT2D eigenvalue weighted by molar-refractivity contribution is 0.0699. The number of ether oxygens (including phenoxy) is 1. The maximum absolute atomic E-state index is 12.0. The van der Waals surface area contributed by atoms with Crippen LogP contribution in [0.25, 0.3) is 21.1 Å². The van der Waals surface area contributed by atoms with Crippen LogP contribution in [0.2, 0.25) is 0 Å². The highest BCUT2D eigenvalue weighted by atomic mass is 32.1. The number of aromatic nitrogens is 2. The van der Waals surface area contributed by atoms with Gasteiger partial charge in [-0.2, -0.15) is 0 Å². The van der Waals surface area contributed by atoms with Crippen molar-refractivity contribution in [3.05, 3.63) is 58.7 Å². The zero-order valence-corrected chi connectivity index (χ0v) is 16.9.